The van der Waals surface area contributed by atoms with Crippen LogP contribution in [0.5, 0.6) is 0 Å². The minimum atomic E-state index is 0. The second-order valence-electron chi connectivity index (χ2n) is 6.07. The summed E-state index contributed by atoms with van der Waals surface area (Å²) in [6.45, 7) is 3.80. The quantitative estimate of drug-likeness (QED) is 0.256. The molecule has 0 bridgehead atoms. The Morgan fingerprint density at radius 3 is 2.85 bits per heavy atom. The molecule has 148 valence electrons. The van der Waals surface area contributed by atoms with Crippen LogP contribution >= 0.6 is 24.0 Å². The third-order valence-corrected chi connectivity index (χ3v) is 4.16. The molecule has 1 atom stereocenters. The zero-order valence-corrected chi connectivity index (χ0v) is 17.8. The number of hydrogen-bond donors (Lipinski definition) is 2. The smallest absolute Gasteiger partial charge is 0.191 e. The number of nitrogens with zero attached hydrogens (tertiary/aromatic N) is 4. The van der Waals surface area contributed by atoms with E-state index in [2.05, 4.69) is 37.8 Å². The van der Waals surface area contributed by atoms with Gasteiger partial charge in [0.05, 0.1) is 18.4 Å². The number of hydrogen-bond acceptors (Lipinski definition) is 5. The maximum absolute atomic E-state index is 5.75. The Balaban J connectivity index is 0.00000261. The predicted molar refractivity (Wildman–Crippen MR) is 115 cm³/mol. The molecule has 1 aromatic carbocycles. The molecule has 2 aromatic rings. The van der Waals surface area contributed by atoms with Crippen LogP contribution in [-0.2, 0) is 16.0 Å². The maximum Gasteiger partial charge on any atom is 0.191 e. The van der Waals surface area contributed by atoms with Crippen molar-refractivity contribution in [2.75, 3.05) is 33.4 Å². The summed E-state index contributed by atoms with van der Waals surface area (Å²) in [6.07, 6.45) is 5.42. The lowest BCUT2D eigenvalue weighted by Gasteiger charge is -2.13. The summed E-state index contributed by atoms with van der Waals surface area (Å²) in [6, 6.07) is 8.17. The number of aromatic nitrogens is 3. The Hall–Kier alpha value is -1.72. The molecule has 0 aliphatic carbocycles. The van der Waals surface area contributed by atoms with E-state index < -0.39 is 0 Å². The van der Waals surface area contributed by atoms with E-state index in [1.165, 1.54) is 11.9 Å². The largest absolute Gasteiger partial charge is 0.379 e. The SMILES string of the molecule is CN=C(NCCCOC1CCOC1)NCc1ccc(-n2cncn2)cc1.I. The van der Waals surface area contributed by atoms with E-state index in [1.807, 2.05) is 12.1 Å². The third-order valence-electron chi connectivity index (χ3n) is 4.16. The van der Waals surface area contributed by atoms with E-state index in [0.29, 0.717) is 6.54 Å². The molecule has 0 radical (unpaired) electrons. The molecule has 0 amide bonds. The first-order valence-electron chi connectivity index (χ1n) is 8.93. The van der Waals surface area contributed by atoms with E-state index in [-0.39, 0.29) is 30.1 Å². The number of ether oxygens (including phenoxy) is 2. The van der Waals surface area contributed by atoms with Crippen molar-refractivity contribution in [3.05, 3.63) is 42.5 Å². The van der Waals surface area contributed by atoms with Gasteiger partial charge in [-0.3, -0.25) is 4.99 Å². The predicted octanol–water partition coefficient (Wildman–Crippen LogP) is 1.75. The number of halogens is 1. The van der Waals surface area contributed by atoms with Gasteiger partial charge in [-0.25, -0.2) is 9.67 Å². The average molecular weight is 486 g/mol. The molecule has 0 spiro atoms. The van der Waals surface area contributed by atoms with E-state index in [1.54, 1.807) is 18.1 Å². The van der Waals surface area contributed by atoms with Crippen LogP contribution in [0.2, 0.25) is 0 Å². The van der Waals surface area contributed by atoms with Gasteiger partial charge in [-0.05, 0) is 30.5 Å². The number of benzene rings is 1. The lowest BCUT2D eigenvalue weighted by molar-refractivity contribution is 0.0420. The summed E-state index contributed by atoms with van der Waals surface area (Å²) in [7, 11) is 1.77. The Morgan fingerprint density at radius 2 is 2.19 bits per heavy atom. The van der Waals surface area contributed by atoms with Crippen LogP contribution in [0.3, 0.4) is 0 Å². The molecule has 1 unspecified atom stereocenters. The number of guanidine groups is 1. The summed E-state index contributed by atoms with van der Waals surface area (Å²) in [5.74, 6) is 0.787. The highest BCUT2D eigenvalue weighted by atomic mass is 127. The third kappa shape index (κ3) is 7.07. The zero-order valence-electron chi connectivity index (χ0n) is 15.5. The van der Waals surface area contributed by atoms with Gasteiger partial charge in [0.2, 0.25) is 0 Å². The first-order chi connectivity index (χ1) is 12.8. The molecule has 27 heavy (non-hydrogen) atoms. The van der Waals surface area contributed by atoms with Gasteiger partial charge in [-0.2, -0.15) is 5.10 Å². The van der Waals surface area contributed by atoms with Gasteiger partial charge in [-0.1, -0.05) is 12.1 Å². The molecule has 9 heteroatoms. The van der Waals surface area contributed by atoms with Crippen molar-refractivity contribution >= 4 is 29.9 Å². The molecule has 0 saturated carbocycles. The average Bonchev–Trinajstić information content (AvgIpc) is 3.38. The van der Waals surface area contributed by atoms with Crippen LogP contribution < -0.4 is 10.6 Å². The molecule has 1 aromatic heterocycles. The van der Waals surface area contributed by atoms with Crippen LogP contribution in [0, 0.1) is 0 Å². The molecule has 1 aliphatic rings. The first kappa shape index (κ1) is 21.6. The normalized spacial score (nSPS) is 16.8. The highest BCUT2D eigenvalue weighted by molar-refractivity contribution is 14.0. The van der Waals surface area contributed by atoms with Crippen LogP contribution in [0.4, 0.5) is 0 Å². The van der Waals surface area contributed by atoms with Gasteiger partial charge in [0.25, 0.3) is 0 Å². The van der Waals surface area contributed by atoms with Crippen molar-refractivity contribution < 1.29 is 9.47 Å². The van der Waals surface area contributed by atoms with E-state index in [0.717, 1.165) is 50.9 Å². The molecule has 1 aliphatic heterocycles. The summed E-state index contributed by atoms with van der Waals surface area (Å²) in [5.41, 5.74) is 2.16. The second kappa shape index (κ2) is 11.9. The van der Waals surface area contributed by atoms with Gasteiger partial charge in [0.15, 0.2) is 5.96 Å². The zero-order chi connectivity index (χ0) is 18.0. The fourth-order valence-corrected chi connectivity index (χ4v) is 2.69. The lowest BCUT2D eigenvalue weighted by Crippen LogP contribution is -2.37. The molecule has 3 rings (SSSR count). The monoisotopic (exact) mass is 486 g/mol. The Kier molecular flexibility index (Phi) is 9.50. The maximum atomic E-state index is 5.75. The summed E-state index contributed by atoms with van der Waals surface area (Å²) in [5, 5.41) is 10.7. The van der Waals surface area contributed by atoms with Crippen molar-refractivity contribution in [2.45, 2.75) is 25.5 Å². The van der Waals surface area contributed by atoms with Gasteiger partial charge < -0.3 is 20.1 Å². The Labute approximate surface area is 176 Å². The summed E-state index contributed by atoms with van der Waals surface area (Å²) in [4.78, 5) is 8.20. The van der Waals surface area contributed by atoms with Crippen molar-refractivity contribution in [1.82, 2.24) is 25.4 Å². The minimum absolute atomic E-state index is 0. The molecule has 8 nitrogen and oxygen atoms in total. The minimum Gasteiger partial charge on any atom is -0.379 e. The van der Waals surface area contributed by atoms with Crippen LogP contribution in [0.1, 0.15) is 18.4 Å². The summed E-state index contributed by atoms with van der Waals surface area (Å²) >= 11 is 0. The van der Waals surface area contributed by atoms with Gasteiger partial charge in [0, 0.05) is 33.4 Å². The standard InChI is InChI=1S/C18H26N6O2.HI/c1-19-18(21-8-2-9-26-17-7-10-25-12-17)22-11-15-3-5-16(6-4-15)24-14-20-13-23-24;/h3-6,13-14,17H,2,7-12H2,1H3,(H2,19,21,22);1H. The van der Waals surface area contributed by atoms with E-state index in [4.69, 9.17) is 9.47 Å². The van der Waals surface area contributed by atoms with Crippen molar-refractivity contribution in [1.29, 1.82) is 0 Å². The highest BCUT2D eigenvalue weighted by Crippen LogP contribution is 2.08. The molecule has 1 saturated heterocycles. The second-order valence-corrected chi connectivity index (χ2v) is 6.07. The van der Waals surface area contributed by atoms with Gasteiger partial charge in [-0.15, -0.1) is 24.0 Å². The Morgan fingerprint density at radius 1 is 1.33 bits per heavy atom. The van der Waals surface area contributed by atoms with Crippen molar-refractivity contribution in [3.63, 3.8) is 0 Å². The summed E-state index contributed by atoms with van der Waals surface area (Å²) < 4.78 is 12.8. The fraction of sp³-hybridized carbons (Fsp3) is 0.500. The molecular weight excluding hydrogens is 459 g/mol. The molecular formula is C18H27IN6O2. The van der Waals surface area contributed by atoms with Crippen molar-refractivity contribution in [2.24, 2.45) is 4.99 Å². The number of aliphatic imine (C=N–C) groups is 1. The number of nitrogens with one attached hydrogen (secondary N) is 2. The Bertz CT molecular complexity index is 672. The van der Waals surface area contributed by atoms with Crippen LogP contribution in [0.25, 0.3) is 5.69 Å². The fourth-order valence-electron chi connectivity index (χ4n) is 2.69. The van der Waals surface area contributed by atoms with Crippen LogP contribution in [0.15, 0.2) is 41.9 Å². The van der Waals surface area contributed by atoms with Gasteiger partial charge in [0.1, 0.15) is 12.7 Å². The highest BCUT2D eigenvalue weighted by Gasteiger charge is 2.15. The lowest BCUT2D eigenvalue weighted by atomic mass is 10.2. The number of rotatable bonds is 8. The topological polar surface area (TPSA) is 85.6 Å². The molecule has 1 fully saturated rings. The van der Waals surface area contributed by atoms with E-state index >= 15 is 0 Å². The molecule has 2 N–H and O–H groups in total. The first-order valence-corrected chi connectivity index (χ1v) is 8.93. The van der Waals surface area contributed by atoms with Gasteiger partial charge >= 0.3 is 0 Å². The van der Waals surface area contributed by atoms with Crippen LogP contribution in [-0.4, -0.2) is 60.2 Å². The molecule has 2 heterocycles. The van der Waals surface area contributed by atoms with Crippen molar-refractivity contribution in [3.8, 4) is 5.69 Å². The van der Waals surface area contributed by atoms with E-state index in [9.17, 15) is 0 Å².